The average Bonchev–Trinajstić information content (AvgIpc) is 2.68. The minimum atomic E-state index is -4.52. The molecule has 2 N–H and O–H groups in total. The summed E-state index contributed by atoms with van der Waals surface area (Å²) in [6, 6.07) is 12.0. The van der Waals surface area contributed by atoms with E-state index >= 15 is 0 Å². The van der Waals surface area contributed by atoms with Gasteiger partial charge in [-0.2, -0.15) is 13.2 Å². The van der Waals surface area contributed by atoms with Crippen LogP contribution in [-0.4, -0.2) is 25.0 Å². The molecular formula is C21H24F3N3O. The van der Waals surface area contributed by atoms with Crippen molar-refractivity contribution in [1.82, 2.24) is 0 Å². The normalized spacial score (nSPS) is 15.8. The van der Waals surface area contributed by atoms with E-state index in [-0.39, 0.29) is 5.69 Å². The van der Waals surface area contributed by atoms with Crippen LogP contribution in [0.2, 0.25) is 0 Å². The summed E-state index contributed by atoms with van der Waals surface area (Å²) in [5, 5.41) is 5.46. The van der Waals surface area contributed by atoms with Gasteiger partial charge < -0.3 is 15.5 Å². The molecule has 1 amide bonds. The van der Waals surface area contributed by atoms with Crippen LogP contribution in [0.25, 0.3) is 0 Å². The van der Waals surface area contributed by atoms with Crippen LogP contribution in [0.1, 0.15) is 31.7 Å². The number of nitrogens with zero attached hydrogens (tertiary/aromatic N) is 1. The van der Waals surface area contributed by atoms with Gasteiger partial charge in [0.05, 0.1) is 11.3 Å². The molecule has 3 rings (SSSR count). The van der Waals surface area contributed by atoms with Crippen molar-refractivity contribution in [3.63, 3.8) is 0 Å². The predicted octanol–water partition coefficient (Wildman–Crippen LogP) is 5.13. The second-order valence-electron chi connectivity index (χ2n) is 7.00. The first-order valence-corrected chi connectivity index (χ1v) is 9.43. The number of amides is 1. The number of benzene rings is 2. The quantitative estimate of drug-likeness (QED) is 0.742. The third-order valence-electron chi connectivity index (χ3n) is 4.83. The number of nitrogens with one attached hydrogen (secondary N) is 2. The fourth-order valence-corrected chi connectivity index (χ4v) is 3.34. The maximum Gasteiger partial charge on any atom is 0.418 e. The highest BCUT2D eigenvalue weighted by Gasteiger charge is 2.33. The van der Waals surface area contributed by atoms with Gasteiger partial charge in [-0.25, -0.2) is 0 Å². The maximum absolute atomic E-state index is 13.1. The van der Waals surface area contributed by atoms with E-state index in [0.29, 0.717) is 0 Å². The number of halogens is 3. The maximum atomic E-state index is 13.1. The van der Waals surface area contributed by atoms with Crippen molar-refractivity contribution in [2.75, 3.05) is 28.6 Å². The van der Waals surface area contributed by atoms with Gasteiger partial charge in [-0.15, -0.1) is 0 Å². The number of para-hydroxylation sites is 1. The number of hydrogen-bond acceptors (Lipinski definition) is 3. The molecule has 1 aliphatic heterocycles. The van der Waals surface area contributed by atoms with Crippen LogP contribution < -0.4 is 15.5 Å². The van der Waals surface area contributed by atoms with Gasteiger partial charge in [-0.05, 0) is 56.5 Å². The zero-order valence-electron chi connectivity index (χ0n) is 15.7. The Labute approximate surface area is 162 Å². The van der Waals surface area contributed by atoms with Crippen molar-refractivity contribution in [3.8, 4) is 0 Å². The third kappa shape index (κ3) is 4.97. The molecule has 1 heterocycles. The first-order valence-electron chi connectivity index (χ1n) is 9.43. The highest BCUT2D eigenvalue weighted by Crippen LogP contribution is 2.34. The Hall–Kier alpha value is -2.70. The Morgan fingerprint density at radius 1 is 1.04 bits per heavy atom. The Morgan fingerprint density at radius 3 is 2.46 bits per heavy atom. The topological polar surface area (TPSA) is 44.4 Å². The van der Waals surface area contributed by atoms with E-state index < -0.39 is 23.7 Å². The lowest BCUT2D eigenvalue weighted by molar-refractivity contribution is -0.137. The van der Waals surface area contributed by atoms with E-state index in [2.05, 4.69) is 15.5 Å². The molecule has 0 radical (unpaired) electrons. The van der Waals surface area contributed by atoms with E-state index in [4.69, 9.17) is 0 Å². The SMILES string of the molecule is CC(Nc1cccc(N2CCCCC2)c1)C(=O)Nc1ccccc1C(F)(F)F. The predicted molar refractivity (Wildman–Crippen MR) is 106 cm³/mol. The zero-order chi connectivity index (χ0) is 20.1. The molecule has 1 atom stereocenters. The highest BCUT2D eigenvalue weighted by molar-refractivity contribution is 5.97. The minimum Gasteiger partial charge on any atom is -0.374 e. The summed E-state index contributed by atoms with van der Waals surface area (Å²) in [4.78, 5) is 14.7. The first-order chi connectivity index (χ1) is 13.3. The van der Waals surface area contributed by atoms with Gasteiger partial charge in [0.2, 0.25) is 5.91 Å². The molecule has 150 valence electrons. The molecule has 2 aromatic carbocycles. The van der Waals surface area contributed by atoms with E-state index in [1.807, 2.05) is 24.3 Å². The van der Waals surface area contributed by atoms with Gasteiger partial charge in [-0.1, -0.05) is 18.2 Å². The number of hydrogen-bond donors (Lipinski definition) is 2. The lowest BCUT2D eigenvalue weighted by atomic mass is 10.1. The van der Waals surface area contributed by atoms with Crippen LogP contribution in [0.3, 0.4) is 0 Å². The number of carbonyl (C=O) groups excluding carboxylic acids is 1. The molecule has 0 aliphatic carbocycles. The fourth-order valence-electron chi connectivity index (χ4n) is 3.34. The average molecular weight is 391 g/mol. The fraction of sp³-hybridized carbons (Fsp3) is 0.381. The largest absolute Gasteiger partial charge is 0.418 e. The van der Waals surface area contributed by atoms with Gasteiger partial charge in [0.25, 0.3) is 0 Å². The molecular weight excluding hydrogens is 367 g/mol. The molecule has 7 heteroatoms. The first kappa shape index (κ1) is 20.0. The molecule has 0 spiro atoms. The van der Waals surface area contributed by atoms with Gasteiger partial charge in [0, 0.05) is 24.5 Å². The van der Waals surface area contributed by atoms with Crippen molar-refractivity contribution in [2.24, 2.45) is 0 Å². The molecule has 2 aromatic rings. The molecule has 1 fully saturated rings. The van der Waals surface area contributed by atoms with Crippen LogP contribution in [0.5, 0.6) is 0 Å². The lowest BCUT2D eigenvalue weighted by Crippen LogP contribution is -2.33. The third-order valence-corrected chi connectivity index (χ3v) is 4.83. The zero-order valence-corrected chi connectivity index (χ0v) is 15.7. The molecule has 28 heavy (non-hydrogen) atoms. The summed E-state index contributed by atoms with van der Waals surface area (Å²) in [5.41, 5.74) is 0.743. The van der Waals surface area contributed by atoms with Crippen LogP contribution in [0.4, 0.5) is 30.2 Å². The summed E-state index contributed by atoms with van der Waals surface area (Å²) in [5.74, 6) is -0.528. The minimum absolute atomic E-state index is 0.240. The molecule has 1 aliphatic rings. The molecule has 4 nitrogen and oxygen atoms in total. The summed E-state index contributed by atoms with van der Waals surface area (Å²) < 4.78 is 39.3. The van der Waals surface area contributed by atoms with Gasteiger partial charge in [0.1, 0.15) is 6.04 Å². The lowest BCUT2D eigenvalue weighted by Gasteiger charge is -2.29. The van der Waals surface area contributed by atoms with Gasteiger partial charge >= 0.3 is 6.18 Å². The van der Waals surface area contributed by atoms with Crippen LogP contribution in [-0.2, 0) is 11.0 Å². The van der Waals surface area contributed by atoms with Gasteiger partial charge in [0.15, 0.2) is 0 Å². The summed E-state index contributed by atoms with van der Waals surface area (Å²) in [6.07, 6.45) is -0.960. The number of rotatable bonds is 5. The van der Waals surface area contributed by atoms with E-state index in [0.717, 1.165) is 43.4 Å². The van der Waals surface area contributed by atoms with Crippen molar-refractivity contribution in [3.05, 3.63) is 54.1 Å². The van der Waals surface area contributed by atoms with Crippen molar-refractivity contribution in [1.29, 1.82) is 0 Å². The molecule has 0 aromatic heterocycles. The molecule has 0 bridgehead atoms. The molecule has 0 saturated carbocycles. The molecule has 1 unspecified atom stereocenters. The van der Waals surface area contributed by atoms with Crippen molar-refractivity contribution < 1.29 is 18.0 Å². The summed E-state index contributed by atoms with van der Waals surface area (Å²) in [7, 11) is 0. The van der Waals surface area contributed by atoms with Crippen LogP contribution >= 0.6 is 0 Å². The van der Waals surface area contributed by atoms with E-state index in [1.54, 1.807) is 6.92 Å². The monoisotopic (exact) mass is 391 g/mol. The Bertz CT molecular complexity index is 817. The van der Waals surface area contributed by atoms with Crippen molar-refractivity contribution in [2.45, 2.75) is 38.4 Å². The smallest absolute Gasteiger partial charge is 0.374 e. The second-order valence-corrected chi connectivity index (χ2v) is 7.00. The highest BCUT2D eigenvalue weighted by atomic mass is 19.4. The Morgan fingerprint density at radius 2 is 1.75 bits per heavy atom. The number of anilines is 3. The second kappa shape index (κ2) is 8.54. The number of alkyl halides is 3. The van der Waals surface area contributed by atoms with Gasteiger partial charge in [-0.3, -0.25) is 4.79 Å². The Kier molecular flexibility index (Phi) is 6.11. The standard InChI is InChI=1S/C21H24F3N3O/c1-15(20(28)26-19-11-4-3-10-18(19)21(22,23)24)25-16-8-7-9-17(14-16)27-12-5-2-6-13-27/h3-4,7-11,14-15,25H,2,5-6,12-13H2,1H3,(H,26,28). The van der Waals surface area contributed by atoms with Crippen molar-refractivity contribution >= 4 is 23.0 Å². The van der Waals surface area contributed by atoms with Crippen LogP contribution in [0.15, 0.2) is 48.5 Å². The molecule has 1 saturated heterocycles. The number of carbonyl (C=O) groups is 1. The number of piperidine rings is 1. The van der Waals surface area contributed by atoms with E-state index in [9.17, 15) is 18.0 Å². The van der Waals surface area contributed by atoms with E-state index in [1.165, 1.54) is 24.6 Å². The Balaban J connectivity index is 1.67. The summed E-state index contributed by atoms with van der Waals surface area (Å²) >= 11 is 0. The van der Waals surface area contributed by atoms with Crippen LogP contribution in [0, 0.1) is 0 Å². The summed E-state index contributed by atoms with van der Waals surface area (Å²) in [6.45, 7) is 3.64.